The third kappa shape index (κ3) is 4.62. The lowest BCUT2D eigenvalue weighted by molar-refractivity contribution is -0.384. The van der Waals surface area contributed by atoms with Crippen molar-refractivity contribution in [1.82, 2.24) is 10.1 Å². The standard InChI is InChI=1S/C21H18N4O11/c26-14(5-6-19(31)35-23-15(27)1-2-16(23)28)22-8-7-11-9-12(10-13(20(11)22)25(33)34)21(32)36-24-17(29)3-4-18(24)30/h9-10H,1-8H2. The van der Waals surface area contributed by atoms with Crippen LogP contribution in [-0.4, -0.2) is 63.1 Å². The first-order chi connectivity index (χ1) is 17.1. The van der Waals surface area contributed by atoms with Gasteiger partial charge >= 0.3 is 11.9 Å². The maximum absolute atomic E-state index is 12.7. The Kier molecular flexibility index (Phi) is 6.46. The van der Waals surface area contributed by atoms with Crippen LogP contribution in [0.4, 0.5) is 11.4 Å². The Morgan fingerprint density at radius 3 is 1.94 bits per heavy atom. The zero-order valence-electron chi connectivity index (χ0n) is 18.6. The van der Waals surface area contributed by atoms with Crippen LogP contribution in [0.2, 0.25) is 0 Å². The first kappa shape index (κ1) is 24.4. The lowest BCUT2D eigenvalue weighted by atomic mass is 10.1. The van der Waals surface area contributed by atoms with Gasteiger partial charge in [0.15, 0.2) is 0 Å². The van der Waals surface area contributed by atoms with Crippen LogP contribution in [0.1, 0.15) is 54.4 Å². The molecule has 0 radical (unpaired) electrons. The molecule has 4 rings (SSSR count). The summed E-state index contributed by atoms with van der Waals surface area (Å²) in [6.07, 6.45) is -1.17. The molecular weight excluding hydrogens is 484 g/mol. The van der Waals surface area contributed by atoms with Gasteiger partial charge in [-0.15, -0.1) is 10.1 Å². The fourth-order valence-electron chi connectivity index (χ4n) is 3.97. The molecule has 3 aliphatic heterocycles. The number of nitro benzene ring substituents is 1. The van der Waals surface area contributed by atoms with Crippen LogP contribution < -0.4 is 4.90 Å². The molecule has 5 amide bonds. The first-order valence-electron chi connectivity index (χ1n) is 10.8. The summed E-state index contributed by atoms with van der Waals surface area (Å²) in [4.78, 5) is 105. The van der Waals surface area contributed by atoms with Crippen LogP contribution in [0.15, 0.2) is 12.1 Å². The second kappa shape index (κ2) is 9.52. The Morgan fingerprint density at radius 1 is 0.833 bits per heavy atom. The summed E-state index contributed by atoms with van der Waals surface area (Å²) in [7, 11) is 0. The molecule has 0 saturated carbocycles. The number of hydrogen-bond donors (Lipinski definition) is 0. The highest BCUT2D eigenvalue weighted by molar-refractivity contribution is 6.04. The van der Waals surface area contributed by atoms with E-state index < -0.39 is 64.9 Å². The van der Waals surface area contributed by atoms with Gasteiger partial charge in [0.1, 0.15) is 5.69 Å². The molecular formula is C21H18N4O11. The highest BCUT2D eigenvalue weighted by Crippen LogP contribution is 2.39. The zero-order chi connectivity index (χ0) is 26.1. The summed E-state index contributed by atoms with van der Waals surface area (Å²) in [6, 6.07) is 2.14. The lowest BCUT2D eigenvalue weighted by Crippen LogP contribution is -2.33. The molecule has 15 heteroatoms. The van der Waals surface area contributed by atoms with E-state index in [1.807, 2.05) is 0 Å². The third-order valence-electron chi connectivity index (χ3n) is 5.70. The predicted molar refractivity (Wildman–Crippen MR) is 112 cm³/mol. The van der Waals surface area contributed by atoms with Gasteiger partial charge in [-0.1, -0.05) is 0 Å². The molecule has 0 aromatic heterocycles. The minimum Gasteiger partial charge on any atom is -0.330 e. The number of hydrogen-bond acceptors (Lipinski definition) is 11. The van der Waals surface area contributed by atoms with Crippen LogP contribution in [0, 0.1) is 10.1 Å². The molecule has 1 aromatic carbocycles. The molecule has 1 aromatic rings. The maximum atomic E-state index is 12.7. The second-order valence-electron chi connectivity index (χ2n) is 8.06. The van der Waals surface area contributed by atoms with Crippen molar-refractivity contribution in [3.63, 3.8) is 0 Å². The average Bonchev–Trinajstić information content (AvgIpc) is 3.50. The minimum absolute atomic E-state index is 0.0226. The molecule has 0 bridgehead atoms. The number of fused-ring (bicyclic) bond motifs is 1. The Morgan fingerprint density at radius 2 is 1.39 bits per heavy atom. The number of carbonyl (C=O) groups is 7. The quantitative estimate of drug-likeness (QED) is 0.279. The molecule has 2 saturated heterocycles. The number of imide groups is 2. The van der Waals surface area contributed by atoms with Gasteiger partial charge < -0.3 is 14.6 Å². The fraction of sp³-hybridized carbons (Fsp3) is 0.381. The van der Waals surface area contributed by atoms with Gasteiger partial charge in [0.2, 0.25) is 5.91 Å². The van der Waals surface area contributed by atoms with E-state index in [4.69, 9.17) is 9.68 Å². The van der Waals surface area contributed by atoms with Crippen molar-refractivity contribution in [2.45, 2.75) is 44.9 Å². The highest BCUT2D eigenvalue weighted by atomic mass is 16.7. The molecule has 3 heterocycles. The average molecular weight is 502 g/mol. The third-order valence-corrected chi connectivity index (χ3v) is 5.70. The van der Waals surface area contributed by atoms with E-state index in [9.17, 15) is 43.7 Å². The number of nitro groups is 1. The predicted octanol–water partition coefficient (Wildman–Crippen LogP) is 0.0921. The molecule has 0 N–H and O–H groups in total. The van der Waals surface area contributed by atoms with Gasteiger partial charge in [-0.25, -0.2) is 9.59 Å². The van der Waals surface area contributed by atoms with Gasteiger partial charge in [-0.3, -0.25) is 34.1 Å². The number of hydroxylamine groups is 4. The molecule has 0 atom stereocenters. The van der Waals surface area contributed by atoms with Crippen LogP contribution in [0.5, 0.6) is 0 Å². The van der Waals surface area contributed by atoms with Gasteiger partial charge in [0.05, 0.1) is 16.9 Å². The van der Waals surface area contributed by atoms with E-state index in [1.54, 1.807) is 0 Å². The van der Waals surface area contributed by atoms with Gasteiger partial charge in [0.25, 0.3) is 29.3 Å². The molecule has 15 nitrogen and oxygen atoms in total. The van der Waals surface area contributed by atoms with E-state index >= 15 is 0 Å². The van der Waals surface area contributed by atoms with Crippen LogP contribution in [0.25, 0.3) is 0 Å². The summed E-state index contributed by atoms with van der Waals surface area (Å²) in [5.41, 5.74) is -0.654. The van der Waals surface area contributed by atoms with E-state index in [0.717, 1.165) is 11.0 Å². The van der Waals surface area contributed by atoms with E-state index in [0.29, 0.717) is 10.1 Å². The summed E-state index contributed by atoms with van der Waals surface area (Å²) >= 11 is 0. The normalized spacial score (nSPS) is 17.1. The smallest absolute Gasteiger partial charge is 0.330 e. The van der Waals surface area contributed by atoms with Crippen molar-refractivity contribution in [3.8, 4) is 0 Å². The molecule has 0 spiro atoms. The largest absolute Gasteiger partial charge is 0.364 e. The van der Waals surface area contributed by atoms with Crippen molar-refractivity contribution in [2.75, 3.05) is 11.4 Å². The van der Waals surface area contributed by atoms with Crippen molar-refractivity contribution in [2.24, 2.45) is 0 Å². The first-order valence-corrected chi connectivity index (χ1v) is 10.8. The monoisotopic (exact) mass is 502 g/mol. The number of nitrogens with zero attached hydrogens (tertiary/aromatic N) is 4. The number of anilines is 1. The number of benzene rings is 1. The molecule has 188 valence electrons. The second-order valence-corrected chi connectivity index (χ2v) is 8.06. The summed E-state index contributed by atoms with van der Waals surface area (Å²) in [5.74, 6) is -5.56. The molecule has 0 aliphatic carbocycles. The molecule has 2 fully saturated rings. The van der Waals surface area contributed by atoms with E-state index in [2.05, 4.69) is 0 Å². The number of carbonyl (C=O) groups excluding carboxylic acids is 7. The Hall–Kier alpha value is -4.69. The fourth-order valence-corrected chi connectivity index (χ4v) is 3.97. The van der Waals surface area contributed by atoms with Crippen molar-refractivity contribution < 1.29 is 48.2 Å². The molecule has 0 unspecified atom stereocenters. The Bertz CT molecular complexity index is 1210. The Labute approximate surface area is 201 Å². The number of amides is 5. The minimum atomic E-state index is -1.15. The summed E-state index contributed by atoms with van der Waals surface area (Å²) in [6.45, 7) is 0.0226. The van der Waals surface area contributed by atoms with E-state index in [1.165, 1.54) is 6.07 Å². The van der Waals surface area contributed by atoms with E-state index in [-0.39, 0.29) is 55.5 Å². The molecule has 36 heavy (non-hydrogen) atoms. The molecule has 3 aliphatic rings. The topological polar surface area (TPSA) is 191 Å². The van der Waals surface area contributed by atoms with Gasteiger partial charge in [0, 0.05) is 44.7 Å². The van der Waals surface area contributed by atoms with Gasteiger partial charge in [-0.05, 0) is 18.1 Å². The maximum Gasteiger partial charge on any atom is 0.364 e. The van der Waals surface area contributed by atoms with Crippen LogP contribution in [0.3, 0.4) is 0 Å². The zero-order valence-corrected chi connectivity index (χ0v) is 18.6. The number of rotatable bonds is 7. The van der Waals surface area contributed by atoms with Crippen LogP contribution >= 0.6 is 0 Å². The Balaban J connectivity index is 1.46. The summed E-state index contributed by atoms with van der Waals surface area (Å²) in [5, 5.41) is 12.4. The lowest BCUT2D eigenvalue weighted by Gasteiger charge is -2.18. The van der Waals surface area contributed by atoms with Crippen molar-refractivity contribution >= 4 is 52.8 Å². The SMILES string of the molecule is O=C(CCC(=O)N1CCc2cc(C(=O)ON3C(=O)CCC3=O)cc([N+](=O)[O-])c21)ON1C(=O)CCC1=O. The summed E-state index contributed by atoms with van der Waals surface area (Å²) < 4.78 is 0. The van der Waals surface area contributed by atoms with Crippen molar-refractivity contribution in [1.29, 1.82) is 0 Å². The van der Waals surface area contributed by atoms with Crippen molar-refractivity contribution in [3.05, 3.63) is 33.4 Å². The highest BCUT2D eigenvalue weighted by Gasteiger charge is 2.37. The van der Waals surface area contributed by atoms with Gasteiger partial charge in [-0.2, -0.15) is 0 Å². The van der Waals surface area contributed by atoms with Crippen LogP contribution in [-0.2, 0) is 44.9 Å².